The van der Waals surface area contributed by atoms with Crippen molar-refractivity contribution >= 4 is 17.5 Å². The van der Waals surface area contributed by atoms with Crippen LogP contribution < -0.4 is 4.74 Å². The second-order valence-electron chi connectivity index (χ2n) is 9.21. The lowest BCUT2D eigenvalue weighted by atomic mass is 9.96. The fourth-order valence-electron chi connectivity index (χ4n) is 4.68. The predicted octanol–water partition coefficient (Wildman–Crippen LogP) is 3.99. The number of morpholine rings is 1. The minimum Gasteiger partial charge on any atom is -0.491 e. The number of amides is 1. The topological polar surface area (TPSA) is 70.7 Å². The molecule has 0 unspecified atom stereocenters. The number of likely N-dealkylation sites (tertiary alicyclic amines) is 1. The Hall–Kier alpha value is -2.09. The lowest BCUT2D eigenvalue weighted by Crippen LogP contribution is -2.57. The molecule has 2 saturated heterocycles. The molecule has 3 heterocycles. The van der Waals surface area contributed by atoms with Gasteiger partial charge in [0, 0.05) is 49.9 Å². The first-order chi connectivity index (χ1) is 16.0. The van der Waals surface area contributed by atoms with E-state index in [-0.39, 0.29) is 5.91 Å². The number of H-pyrrole nitrogens is 1. The first-order valence-corrected chi connectivity index (χ1v) is 12.4. The molecule has 1 aromatic carbocycles. The van der Waals surface area contributed by atoms with Gasteiger partial charge in [-0.1, -0.05) is 18.5 Å². The summed E-state index contributed by atoms with van der Waals surface area (Å²) in [5, 5.41) is 0.665. The number of piperidine rings is 1. The fraction of sp³-hybridized carbons (Fsp3) is 0.600. The molecule has 180 valence electrons. The molecule has 1 amide bonds. The zero-order valence-electron chi connectivity index (χ0n) is 19.7. The summed E-state index contributed by atoms with van der Waals surface area (Å²) in [4.78, 5) is 25.7. The lowest BCUT2D eigenvalue weighted by Gasteiger charge is -2.43. The van der Waals surface area contributed by atoms with E-state index in [4.69, 9.17) is 26.1 Å². The van der Waals surface area contributed by atoms with E-state index in [1.54, 1.807) is 0 Å². The number of carbonyl (C=O) groups is 1. The van der Waals surface area contributed by atoms with Crippen LogP contribution in [0.5, 0.6) is 5.75 Å². The van der Waals surface area contributed by atoms with Crippen LogP contribution in [0, 0.1) is 6.92 Å². The molecule has 0 radical (unpaired) electrons. The number of aromatic amines is 1. The first-order valence-electron chi connectivity index (χ1n) is 12.0. The SMILES string of the molecule is CCc1nc(CN2CCO[C@](COc3ccc(Cl)cc3)(CC(=O)N3CCCCC3)C2)c(C)[nH]1. The van der Waals surface area contributed by atoms with Gasteiger partial charge in [-0.3, -0.25) is 9.69 Å². The van der Waals surface area contributed by atoms with E-state index in [9.17, 15) is 4.79 Å². The van der Waals surface area contributed by atoms with Gasteiger partial charge in [0.15, 0.2) is 0 Å². The van der Waals surface area contributed by atoms with Gasteiger partial charge in [-0.2, -0.15) is 0 Å². The number of imidazole rings is 1. The van der Waals surface area contributed by atoms with E-state index < -0.39 is 5.60 Å². The van der Waals surface area contributed by atoms with Gasteiger partial charge in [-0.15, -0.1) is 0 Å². The van der Waals surface area contributed by atoms with E-state index >= 15 is 0 Å². The maximum Gasteiger partial charge on any atom is 0.225 e. The molecule has 2 aliphatic rings. The van der Waals surface area contributed by atoms with Crippen LogP contribution in [0.3, 0.4) is 0 Å². The van der Waals surface area contributed by atoms with Crippen molar-refractivity contribution in [3.05, 3.63) is 46.5 Å². The number of hydrogen-bond donors (Lipinski definition) is 1. The summed E-state index contributed by atoms with van der Waals surface area (Å²) >= 11 is 6.02. The molecule has 8 heteroatoms. The third-order valence-electron chi connectivity index (χ3n) is 6.57. The summed E-state index contributed by atoms with van der Waals surface area (Å²) in [6, 6.07) is 7.31. The smallest absolute Gasteiger partial charge is 0.225 e. The second-order valence-corrected chi connectivity index (χ2v) is 9.65. The summed E-state index contributed by atoms with van der Waals surface area (Å²) in [7, 11) is 0. The van der Waals surface area contributed by atoms with Crippen LogP contribution in [-0.4, -0.2) is 70.7 Å². The molecule has 7 nitrogen and oxygen atoms in total. The molecule has 0 saturated carbocycles. The van der Waals surface area contributed by atoms with Crippen molar-refractivity contribution in [1.29, 1.82) is 0 Å². The lowest BCUT2D eigenvalue weighted by molar-refractivity contribution is -0.157. The average molecular weight is 475 g/mol. The Bertz CT molecular complexity index is 926. The molecule has 0 spiro atoms. The Labute approximate surface area is 201 Å². The maximum absolute atomic E-state index is 13.2. The van der Waals surface area contributed by atoms with Crippen molar-refractivity contribution in [2.45, 2.75) is 58.1 Å². The predicted molar refractivity (Wildman–Crippen MR) is 129 cm³/mol. The second kappa shape index (κ2) is 10.9. The van der Waals surface area contributed by atoms with Gasteiger partial charge in [-0.05, 0) is 50.5 Å². The highest BCUT2D eigenvalue weighted by Crippen LogP contribution is 2.28. The molecule has 2 fully saturated rings. The Morgan fingerprint density at radius 1 is 1.21 bits per heavy atom. The van der Waals surface area contributed by atoms with Crippen LogP contribution in [-0.2, 0) is 22.5 Å². The van der Waals surface area contributed by atoms with Gasteiger partial charge in [0.25, 0.3) is 0 Å². The van der Waals surface area contributed by atoms with Crippen LogP contribution in [0.25, 0.3) is 0 Å². The Balaban J connectivity index is 1.49. The van der Waals surface area contributed by atoms with Gasteiger partial charge in [0.2, 0.25) is 5.91 Å². The minimum atomic E-state index is -0.704. The summed E-state index contributed by atoms with van der Waals surface area (Å²) in [5.41, 5.74) is 1.46. The number of benzene rings is 1. The van der Waals surface area contributed by atoms with Crippen molar-refractivity contribution in [2.75, 3.05) is 39.4 Å². The number of aryl methyl sites for hydroxylation is 2. The van der Waals surface area contributed by atoms with Crippen LogP contribution in [0.15, 0.2) is 24.3 Å². The Kier molecular flexibility index (Phi) is 7.94. The highest BCUT2D eigenvalue weighted by molar-refractivity contribution is 6.30. The van der Waals surface area contributed by atoms with Crippen molar-refractivity contribution < 1.29 is 14.3 Å². The molecule has 4 rings (SSSR count). The number of nitrogens with zero attached hydrogens (tertiary/aromatic N) is 3. The molecule has 2 aromatic rings. The number of carbonyl (C=O) groups excluding carboxylic acids is 1. The quantitative estimate of drug-likeness (QED) is 0.626. The van der Waals surface area contributed by atoms with Crippen LogP contribution in [0.1, 0.15) is 49.8 Å². The number of hydrogen-bond acceptors (Lipinski definition) is 5. The molecule has 0 aliphatic carbocycles. The minimum absolute atomic E-state index is 0.153. The van der Waals surface area contributed by atoms with Crippen LogP contribution in [0.2, 0.25) is 5.02 Å². The van der Waals surface area contributed by atoms with Gasteiger partial charge in [0.05, 0.1) is 18.7 Å². The van der Waals surface area contributed by atoms with Gasteiger partial charge < -0.3 is 19.4 Å². The van der Waals surface area contributed by atoms with E-state index in [2.05, 4.69) is 23.7 Å². The maximum atomic E-state index is 13.2. The van der Waals surface area contributed by atoms with E-state index in [1.807, 2.05) is 29.2 Å². The van der Waals surface area contributed by atoms with Crippen molar-refractivity contribution in [3.8, 4) is 5.75 Å². The van der Waals surface area contributed by atoms with Crippen molar-refractivity contribution in [2.24, 2.45) is 0 Å². The summed E-state index contributed by atoms with van der Waals surface area (Å²) in [6.07, 6.45) is 4.54. The third-order valence-corrected chi connectivity index (χ3v) is 6.82. The molecule has 33 heavy (non-hydrogen) atoms. The fourth-order valence-corrected chi connectivity index (χ4v) is 4.80. The highest BCUT2D eigenvalue weighted by Gasteiger charge is 2.41. The standard InChI is InChI=1S/C25H35ClN4O3/c1-3-23-27-19(2)22(28-23)16-29-13-14-33-25(17-29,15-24(31)30-11-5-4-6-12-30)18-32-21-9-7-20(26)8-10-21/h7-10H,3-6,11-18H2,1-2H3,(H,27,28)/t25-/m1/s1. The zero-order valence-corrected chi connectivity index (χ0v) is 20.5. The largest absolute Gasteiger partial charge is 0.491 e. The third kappa shape index (κ3) is 6.28. The molecule has 0 bridgehead atoms. The first kappa shape index (κ1) is 24.0. The molecular formula is C25H35ClN4O3. The highest BCUT2D eigenvalue weighted by atomic mass is 35.5. The van der Waals surface area contributed by atoms with E-state index in [0.29, 0.717) is 31.2 Å². The van der Waals surface area contributed by atoms with Gasteiger partial charge >= 0.3 is 0 Å². The molecule has 1 N–H and O–H groups in total. The summed E-state index contributed by atoms with van der Waals surface area (Å²) in [6.45, 7) is 8.85. The normalized spacial score (nSPS) is 21.8. The van der Waals surface area contributed by atoms with Crippen molar-refractivity contribution in [3.63, 3.8) is 0 Å². The number of ether oxygens (including phenoxy) is 2. The summed E-state index contributed by atoms with van der Waals surface area (Å²) in [5.74, 6) is 1.88. The number of aromatic nitrogens is 2. The van der Waals surface area contributed by atoms with Crippen LogP contribution in [0.4, 0.5) is 0 Å². The molecule has 1 aromatic heterocycles. The van der Waals surface area contributed by atoms with E-state index in [0.717, 1.165) is 68.4 Å². The van der Waals surface area contributed by atoms with E-state index in [1.165, 1.54) is 6.42 Å². The monoisotopic (exact) mass is 474 g/mol. The number of nitrogens with one attached hydrogen (secondary N) is 1. The molecule has 2 aliphatic heterocycles. The van der Waals surface area contributed by atoms with Crippen molar-refractivity contribution in [1.82, 2.24) is 19.8 Å². The van der Waals surface area contributed by atoms with Crippen LogP contribution >= 0.6 is 11.6 Å². The molecule has 1 atom stereocenters. The van der Waals surface area contributed by atoms with Gasteiger partial charge in [0.1, 0.15) is 23.8 Å². The Morgan fingerprint density at radius 2 is 1.97 bits per heavy atom. The average Bonchev–Trinajstić information content (AvgIpc) is 3.18. The zero-order chi connectivity index (χ0) is 23.3. The summed E-state index contributed by atoms with van der Waals surface area (Å²) < 4.78 is 12.5. The number of rotatable bonds is 8. The van der Waals surface area contributed by atoms with Gasteiger partial charge in [-0.25, -0.2) is 4.98 Å². The number of halogens is 1. The Morgan fingerprint density at radius 3 is 2.67 bits per heavy atom. The molecular weight excluding hydrogens is 440 g/mol.